The average Bonchev–Trinajstić information content (AvgIpc) is 3.28. The van der Waals surface area contributed by atoms with Gasteiger partial charge in [0.25, 0.3) is 6.47 Å². The van der Waals surface area contributed by atoms with Crippen molar-refractivity contribution >= 4 is 12.8 Å². The molecule has 364 valence electrons. The Morgan fingerprint density at radius 2 is 0.820 bits per heavy atom. The number of aldehydes is 1. The van der Waals surface area contributed by atoms with Crippen molar-refractivity contribution in [1.29, 1.82) is 0 Å². The lowest BCUT2D eigenvalue weighted by Crippen LogP contribution is -2.25. The Bertz CT molecular complexity index is 861. The summed E-state index contributed by atoms with van der Waals surface area (Å²) in [4.78, 5) is 21.4. The molecule has 0 aromatic heterocycles. The quantitative estimate of drug-likeness (QED) is 0.0525. The van der Waals surface area contributed by atoms with E-state index in [1.807, 2.05) is 34.8 Å². The first-order valence-corrected chi connectivity index (χ1v) is 26.8. The van der Waals surface area contributed by atoms with Crippen molar-refractivity contribution in [3.8, 4) is 0 Å². The number of nitrogens with zero attached hydrogens (tertiary/aromatic N) is 1. The zero-order valence-corrected chi connectivity index (χ0v) is 43.0. The molecule has 1 aromatic carbocycles. The highest BCUT2D eigenvalue weighted by molar-refractivity contribution is 5.48. The van der Waals surface area contributed by atoms with Gasteiger partial charge in [0.05, 0.1) is 0 Å². The van der Waals surface area contributed by atoms with Gasteiger partial charge in [-0.1, -0.05) is 266 Å². The van der Waals surface area contributed by atoms with Gasteiger partial charge in [-0.25, -0.2) is 0 Å². The SMILES string of the molecule is CC.CC.CCCCCC(CCCC=O)CCCCC.CCCCCC(CCCCC)CCCCCCCCCCN(CCCCCCCOC)Cc1ccccc1.O=CO. The summed E-state index contributed by atoms with van der Waals surface area (Å²) in [6.45, 7) is 21.5. The molecule has 0 bridgehead atoms. The van der Waals surface area contributed by atoms with Crippen LogP contribution in [0.5, 0.6) is 0 Å². The van der Waals surface area contributed by atoms with E-state index in [0.29, 0.717) is 0 Å². The van der Waals surface area contributed by atoms with Crippen LogP contribution in [0.1, 0.15) is 273 Å². The molecule has 0 aliphatic heterocycles. The third kappa shape index (κ3) is 56.3. The van der Waals surface area contributed by atoms with E-state index in [2.05, 4.69) is 62.9 Å². The van der Waals surface area contributed by atoms with Crippen molar-refractivity contribution in [2.45, 2.75) is 274 Å². The second-order valence-electron chi connectivity index (χ2n) is 17.1. The summed E-state index contributed by atoms with van der Waals surface area (Å²) in [5.74, 6) is 1.90. The summed E-state index contributed by atoms with van der Waals surface area (Å²) in [5.41, 5.74) is 1.46. The third-order valence-electron chi connectivity index (χ3n) is 11.7. The summed E-state index contributed by atoms with van der Waals surface area (Å²) in [6, 6.07) is 11.1. The van der Waals surface area contributed by atoms with Gasteiger partial charge in [0.1, 0.15) is 6.29 Å². The Balaban J connectivity index is -0.000000585. The average molecular weight is 863 g/mol. The predicted molar refractivity (Wildman–Crippen MR) is 273 cm³/mol. The van der Waals surface area contributed by atoms with Gasteiger partial charge >= 0.3 is 0 Å². The molecular weight excluding hydrogens is 751 g/mol. The topological polar surface area (TPSA) is 66.8 Å². The van der Waals surface area contributed by atoms with Gasteiger partial charge in [0.15, 0.2) is 0 Å². The van der Waals surface area contributed by atoms with Gasteiger partial charge in [-0.05, 0) is 56.2 Å². The van der Waals surface area contributed by atoms with Crippen LogP contribution in [0.3, 0.4) is 0 Å². The normalized spacial score (nSPS) is 10.6. The van der Waals surface area contributed by atoms with Crippen LogP contribution in [0.25, 0.3) is 0 Å². The molecular formula is C56H111NO4. The fourth-order valence-corrected chi connectivity index (χ4v) is 8.14. The Morgan fingerprint density at radius 3 is 1.18 bits per heavy atom. The second kappa shape index (κ2) is 62.6. The maximum absolute atomic E-state index is 10.3. The minimum absolute atomic E-state index is 0.250. The molecule has 5 nitrogen and oxygen atoms in total. The fourth-order valence-electron chi connectivity index (χ4n) is 8.14. The van der Waals surface area contributed by atoms with Gasteiger partial charge in [0.2, 0.25) is 0 Å². The summed E-state index contributed by atoms with van der Waals surface area (Å²) in [7, 11) is 1.81. The monoisotopic (exact) mass is 862 g/mol. The highest BCUT2D eigenvalue weighted by Crippen LogP contribution is 2.25. The minimum Gasteiger partial charge on any atom is -0.483 e. The predicted octanol–water partition coefficient (Wildman–Crippen LogP) is 18.3. The molecule has 61 heavy (non-hydrogen) atoms. The Labute approximate surface area is 384 Å². The Kier molecular flexibility index (Phi) is 67.6. The van der Waals surface area contributed by atoms with E-state index in [9.17, 15) is 4.79 Å². The lowest BCUT2D eigenvalue weighted by atomic mass is 9.90. The summed E-state index contributed by atoms with van der Waals surface area (Å²) in [5, 5.41) is 6.89. The van der Waals surface area contributed by atoms with Gasteiger partial charge in [-0.15, -0.1) is 0 Å². The van der Waals surface area contributed by atoms with Gasteiger partial charge < -0.3 is 14.6 Å². The molecule has 0 saturated heterocycles. The molecule has 0 fully saturated rings. The van der Waals surface area contributed by atoms with Crippen molar-refractivity contribution in [2.75, 3.05) is 26.8 Å². The van der Waals surface area contributed by atoms with Crippen molar-refractivity contribution in [2.24, 2.45) is 11.8 Å². The maximum atomic E-state index is 10.3. The molecule has 1 N–H and O–H groups in total. The van der Waals surface area contributed by atoms with E-state index >= 15 is 0 Å². The van der Waals surface area contributed by atoms with Gasteiger partial charge in [-0.2, -0.15) is 0 Å². The van der Waals surface area contributed by atoms with Crippen LogP contribution in [0.15, 0.2) is 30.3 Å². The van der Waals surface area contributed by atoms with Crippen LogP contribution in [0.2, 0.25) is 0 Å². The molecule has 0 radical (unpaired) electrons. The van der Waals surface area contributed by atoms with Gasteiger partial charge in [-0.3, -0.25) is 9.69 Å². The molecule has 0 amide bonds. The van der Waals surface area contributed by atoms with Crippen LogP contribution in [0.4, 0.5) is 0 Å². The van der Waals surface area contributed by atoms with E-state index in [1.165, 1.54) is 218 Å². The van der Waals surface area contributed by atoms with Crippen molar-refractivity contribution < 1.29 is 19.4 Å². The first-order chi connectivity index (χ1) is 30.1. The molecule has 0 heterocycles. The maximum Gasteiger partial charge on any atom is 0.290 e. The van der Waals surface area contributed by atoms with Crippen LogP contribution >= 0.6 is 0 Å². The molecule has 5 heteroatoms. The molecule has 1 rings (SSSR count). The van der Waals surface area contributed by atoms with E-state index in [-0.39, 0.29) is 6.47 Å². The molecule has 0 atom stereocenters. The number of ether oxygens (including phenoxy) is 1. The van der Waals surface area contributed by atoms with Crippen LogP contribution in [-0.2, 0) is 20.9 Å². The van der Waals surface area contributed by atoms with Crippen LogP contribution < -0.4 is 0 Å². The number of carbonyl (C=O) groups is 2. The van der Waals surface area contributed by atoms with Crippen LogP contribution in [0, 0.1) is 11.8 Å². The molecule has 0 aliphatic carbocycles. The molecule has 0 aliphatic rings. The minimum atomic E-state index is -0.250. The first-order valence-electron chi connectivity index (χ1n) is 26.8. The summed E-state index contributed by atoms with van der Waals surface area (Å²) >= 11 is 0. The number of hydrogen-bond donors (Lipinski definition) is 1. The number of carbonyl (C=O) groups excluding carboxylic acids is 1. The highest BCUT2D eigenvalue weighted by atomic mass is 16.5. The number of unbranched alkanes of at least 4 members (excludes halogenated alkanes) is 20. The number of methoxy groups -OCH3 is 1. The number of benzene rings is 1. The Hall–Kier alpha value is -1.72. The summed E-state index contributed by atoms with van der Waals surface area (Å²) < 4.78 is 5.18. The molecule has 0 spiro atoms. The zero-order valence-electron chi connectivity index (χ0n) is 43.0. The van der Waals surface area contributed by atoms with E-state index in [0.717, 1.165) is 44.1 Å². The Morgan fingerprint density at radius 1 is 0.492 bits per heavy atom. The standard InChI is InChI=1S/C36H67NO.C15H30O.2C2H6.CH2O2/c1-4-6-18-26-35(27-19-7-5-2)28-20-13-10-8-9-11-14-23-31-37(34-36-29-21-17-22-30-36)32-24-15-12-16-25-33-38-3;1-3-5-7-11-15(12-8-6-4-2)13-9-10-14-16;2*1-2;2-1-3/h17,21-22,29-30,35H,4-16,18-20,23-28,31-34H2,1-3H3;14-15H,3-13H2,1-2H3;2*1-2H3;1H,(H,2,3). The van der Waals surface area contributed by atoms with Crippen molar-refractivity contribution in [3.05, 3.63) is 35.9 Å². The lowest BCUT2D eigenvalue weighted by Gasteiger charge is -2.22. The third-order valence-corrected chi connectivity index (χ3v) is 11.7. The molecule has 1 aromatic rings. The fraction of sp³-hybridized carbons (Fsp3) is 0.857. The number of carboxylic acid groups (broad SMARTS) is 1. The smallest absolute Gasteiger partial charge is 0.290 e. The van der Waals surface area contributed by atoms with Crippen LogP contribution in [-0.4, -0.2) is 49.6 Å². The summed E-state index contributed by atoms with van der Waals surface area (Å²) in [6.07, 6.45) is 46.2. The van der Waals surface area contributed by atoms with E-state index < -0.39 is 0 Å². The highest BCUT2D eigenvalue weighted by Gasteiger charge is 2.10. The van der Waals surface area contributed by atoms with E-state index in [1.54, 1.807) is 0 Å². The molecule has 0 unspecified atom stereocenters. The van der Waals surface area contributed by atoms with E-state index in [4.69, 9.17) is 14.6 Å². The van der Waals surface area contributed by atoms with Crippen molar-refractivity contribution in [3.63, 3.8) is 0 Å². The van der Waals surface area contributed by atoms with Crippen molar-refractivity contribution in [1.82, 2.24) is 4.90 Å². The number of rotatable bonds is 41. The lowest BCUT2D eigenvalue weighted by molar-refractivity contribution is -0.122. The largest absolute Gasteiger partial charge is 0.483 e. The zero-order chi connectivity index (χ0) is 46.1. The number of hydrogen-bond acceptors (Lipinski definition) is 4. The first kappa shape index (κ1) is 65.9. The molecule has 0 saturated carbocycles. The van der Waals surface area contributed by atoms with Gasteiger partial charge in [0, 0.05) is 26.7 Å². The second-order valence-corrected chi connectivity index (χ2v) is 17.1.